The Kier molecular flexibility index (Phi) is 8.96. The second-order valence-electron chi connectivity index (χ2n) is 12.7. The summed E-state index contributed by atoms with van der Waals surface area (Å²) >= 11 is 18.3. The van der Waals surface area contributed by atoms with Crippen molar-refractivity contribution in [2.45, 2.75) is 156 Å². The van der Waals surface area contributed by atoms with Crippen molar-refractivity contribution >= 4 is 40.9 Å². The summed E-state index contributed by atoms with van der Waals surface area (Å²) in [7, 11) is 0. The number of ether oxygens (including phenoxy) is 10. The lowest BCUT2D eigenvalue weighted by Gasteiger charge is -2.42. The van der Waals surface area contributed by atoms with Crippen LogP contribution < -0.4 is 5.32 Å². The normalized spacial score (nSPS) is 44.7. The molecule has 0 aromatic carbocycles. The first-order valence-corrected chi connectivity index (χ1v) is 15.8. The van der Waals surface area contributed by atoms with Crippen LogP contribution in [0.1, 0.15) is 66.7 Å². The lowest BCUT2D eigenvalue weighted by molar-refractivity contribution is -0.296. The number of hydrogen-bond acceptors (Lipinski definition) is 11. The van der Waals surface area contributed by atoms with E-state index >= 15 is 0 Å². The molecule has 5 aliphatic heterocycles. The van der Waals surface area contributed by atoms with Gasteiger partial charge in [0.1, 0.15) is 36.6 Å². The number of hydrogen-bond donors (Lipinski definition) is 1. The number of alkyl carbamates (subject to hydrolysis) is 1. The predicted molar refractivity (Wildman–Crippen MR) is 147 cm³/mol. The van der Waals surface area contributed by atoms with Crippen LogP contribution in [0.25, 0.3) is 0 Å². The monoisotopic (exact) mass is 659 g/mol. The average molecular weight is 661 g/mol. The first-order chi connectivity index (χ1) is 19.7. The number of alkyl halides is 3. The van der Waals surface area contributed by atoms with Crippen LogP contribution >= 0.6 is 34.8 Å². The minimum atomic E-state index is -1.87. The summed E-state index contributed by atoms with van der Waals surface area (Å²) in [6.45, 7) is 9.09. The van der Waals surface area contributed by atoms with Crippen molar-refractivity contribution in [3.05, 3.63) is 0 Å². The van der Waals surface area contributed by atoms with E-state index in [0.717, 1.165) is 32.1 Å². The van der Waals surface area contributed by atoms with Gasteiger partial charge in [0.15, 0.2) is 30.3 Å². The van der Waals surface area contributed by atoms with Crippen LogP contribution in [0.2, 0.25) is 0 Å². The maximum absolute atomic E-state index is 13.1. The smallest absolute Gasteiger partial charge is 0.407 e. The number of nitrogens with one attached hydrogen (secondary N) is 1. The van der Waals surface area contributed by atoms with Crippen LogP contribution in [0.15, 0.2) is 0 Å². The van der Waals surface area contributed by atoms with Crippen molar-refractivity contribution in [1.29, 1.82) is 0 Å². The zero-order valence-corrected chi connectivity index (χ0v) is 26.6. The molecule has 1 unspecified atom stereocenters. The first kappa shape index (κ1) is 31.7. The van der Waals surface area contributed by atoms with Crippen LogP contribution in [0.4, 0.5) is 4.79 Å². The average Bonchev–Trinajstić information content (AvgIpc) is 3.57. The third-order valence-electron chi connectivity index (χ3n) is 8.40. The summed E-state index contributed by atoms with van der Waals surface area (Å²) in [6, 6.07) is 0.0285. The Labute approximate surface area is 260 Å². The molecule has 1 N–H and O–H groups in total. The Hall–Kier alpha value is -0.220. The zero-order valence-electron chi connectivity index (χ0n) is 24.3. The van der Waals surface area contributed by atoms with E-state index in [1.165, 1.54) is 0 Å². The van der Waals surface area contributed by atoms with Crippen molar-refractivity contribution in [3.63, 3.8) is 0 Å². The van der Waals surface area contributed by atoms with Gasteiger partial charge in [-0.2, -0.15) is 0 Å². The molecule has 240 valence electrons. The zero-order chi connectivity index (χ0) is 30.0. The maximum atomic E-state index is 13.1. The van der Waals surface area contributed by atoms with Crippen molar-refractivity contribution in [3.8, 4) is 0 Å². The molecule has 5 heterocycles. The van der Waals surface area contributed by atoms with Gasteiger partial charge in [0.05, 0.1) is 12.7 Å². The Balaban J connectivity index is 1.18. The van der Waals surface area contributed by atoms with Gasteiger partial charge in [0, 0.05) is 6.04 Å². The summed E-state index contributed by atoms with van der Waals surface area (Å²) in [5.74, 6) is -1.72. The molecule has 1 saturated carbocycles. The van der Waals surface area contributed by atoms with Crippen LogP contribution in [0.5, 0.6) is 0 Å². The van der Waals surface area contributed by atoms with Gasteiger partial charge in [-0.15, -0.1) is 0 Å². The van der Waals surface area contributed by atoms with Gasteiger partial charge in [-0.25, -0.2) is 4.79 Å². The van der Waals surface area contributed by atoms with Crippen LogP contribution in [-0.2, 0) is 47.4 Å². The molecule has 0 spiro atoms. The predicted octanol–water partition coefficient (Wildman–Crippen LogP) is 4.05. The number of carbonyl (C=O) groups excluding carboxylic acids is 1. The quantitative estimate of drug-likeness (QED) is 0.430. The molecule has 5 saturated heterocycles. The molecule has 0 bridgehead atoms. The molecule has 0 radical (unpaired) electrons. The van der Waals surface area contributed by atoms with Gasteiger partial charge in [-0.1, -0.05) is 54.1 Å². The fourth-order valence-corrected chi connectivity index (χ4v) is 6.94. The SMILES string of the molecule is C[C@@H]1O[C@@H](OC[C@H]2O[C@@H]3OC(C)(C)O[C@@H]3[C@H]3OC(C)(C)O[C@H]32)[C@H](OC(=O)NC2CCCCC2)[C@H]2OC(C(Cl)(Cl)Cl)O[C@H]21. The fraction of sp³-hybridized carbons (Fsp3) is 0.963. The van der Waals surface area contributed by atoms with Gasteiger partial charge in [-0.3, -0.25) is 0 Å². The van der Waals surface area contributed by atoms with E-state index in [2.05, 4.69) is 5.32 Å². The molecule has 1 amide bonds. The summed E-state index contributed by atoms with van der Waals surface area (Å²) in [5.41, 5.74) is 0. The van der Waals surface area contributed by atoms with E-state index in [9.17, 15) is 4.79 Å². The van der Waals surface area contributed by atoms with Crippen LogP contribution in [0, 0.1) is 0 Å². The third-order valence-corrected chi connectivity index (χ3v) is 8.94. The third kappa shape index (κ3) is 6.66. The Bertz CT molecular complexity index is 993. The van der Waals surface area contributed by atoms with E-state index < -0.39 is 89.2 Å². The lowest BCUT2D eigenvalue weighted by Crippen LogP contribution is -2.60. The summed E-state index contributed by atoms with van der Waals surface area (Å²) in [4.78, 5) is 13.1. The Morgan fingerprint density at radius 3 is 2.19 bits per heavy atom. The Morgan fingerprint density at radius 1 is 0.833 bits per heavy atom. The molecule has 6 aliphatic rings. The van der Waals surface area contributed by atoms with Gasteiger partial charge >= 0.3 is 6.09 Å². The largest absolute Gasteiger partial charge is 0.438 e. The summed E-state index contributed by atoms with van der Waals surface area (Å²) < 4.78 is 59.2. The number of fused-ring (bicyclic) bond motifs is 4. The standard InChI is InChI=1S/C27H40Cl3NO11/c1-12-15-17(37-23(36-15)27(28,29)30)19(38-24(32)31-13-9-7-6-8-10-13)21(34-12)33-11-14-16-18(40-25(2,3)39-16)20-22(35-14)42-26(4,5)41-20/h12-23H,6-11H2,1-5H3,(H,31,32)/t12-,14+,15-,16-,17-,18-,19+,20+,21+,22+,23?/m0/s1. The molecular weight excluding hydrogens is 621 g/mol. The second-order valence-corrected chi connectivity index (χ2v) is 15.0. The van der Waals surface area contributed by atoms with Gasteiger partial charge in [0.25, 0.3) is 0 Å². The molecule has 6 rings (SSSR count). The topological polar surface area (TPSA) is 121 Å². The number of carbonyl (C=O) groups is 1. The molecule has 6 fully saturated rings. The van der Waals surface area contributed by atoms with Gasteiger partial charge in [-0.05, 0) is 47.5 Å². The van der Waals surface area contributed by atoms with Crippen LogP contribution in [0.3, 0.4) is 0 Å². The fourth-order valence-electron chi connectivity index (χ4n) is 6.64. The molecule has 1 aliphatic carbocycles. The molecule has 0 aromatic heterocycles. The molecular formula is C27H40Cl3NO11. The molecule has 42 heavy (non-hydrogen) atoms. The van der Waals surface area contributed by atoms with Gasteiger partial charge in [0.2, 0.25) is 10.1 Å². The highest BCUT2D eigenvalue weighted by Gasteiger charge is 2.62. The molecule has 0 aromatic rings. The summed E-state index contributed by atoms with van der Waals surface area (Å²) in [5, 5.41) is 2.96. The first-order valence-electron chi connectivity index (χ1n) is 14.7. The highest BCUT2D eigenvalue weighted by molar-refractivity contribution is 6.67. The van der Waals surface area contributed by atoms with E-state index in [0.29, 0.717) is 0 Å². The summed E-state index contributed by atoms with van der Waals surface area (Å²) in [6.07, 6.45) is -3.64. The van der Waals surface area contributed by atoms with Crippen molar-refractivity contribution in [2.75, 3.05) is 6.61 Å². The maximum Gasteiger partial charge on any atom is 0.407 e. The number of halogens is 3. The van der Waals surface area contributed by atoms with E-state index in [1.807, 2.05) is 27.7 Å². The highest BCUT2D eigenvalue weighted by Crippen LogP contribution is 2.46. The van der Waals surface area contributed by atoms with Crippen LogP contribution in [-0.4, -0.2) is 102 Å². The molecule has 15 heteroatoms. The van der Waals surface area contributed by atoms with Crippen molar-refractivity contribution < 1.29 is 52.2 Å². The Morgan fingerprint density at radius 2 is 1.48 bits per heavy atom. The highest BCUT2D eigenvalue weighted by atomic mass is 35.6. The molecule has 11 atom stereocenters. The van der Waals surface area contributed by atoms with Crippen molar-refractivity contribution in [2.24, 2.45) is 0 Å². The number of amides is 1. The van der Waals surface area contributed by atoms with Crippen molar-refractivity contribution in [1.82, 2.24) is 5.32 Å². The minimum Gasteiger partial charge on any atom is -0.438 e. The minimum absolute atomic E-state index is 0.00122. The van der Waals surface area contributed by atoms with E-state index in [4.69, 9.17) is 82.2 Å². The van der Waals surface area contributed by atoms with E-state index in [1.54, 1.807) is 6.92 Å². The molecule has 12 nitrogen and oxygen atoms in total. The van der Waals surface area contributed by atoms with E-state index in [-0.39, 0.29) is 12.6 Å². The second kappa shape index (κ2) is 11.9. The van der Waals surface area contributed by atoms with Gasteiger partial charge < -0.3 is 52.7 Å². The lowest BCUT2D eigenvalue weighted by atomic mass is 9.96. The number of rotatable bonds is 5.